The number of rotatable bonds is 6. The van der Waals surface area contributed by atoms with Crippen molar-refractivity contribution in [1.82, 2.24) is 15.3 Å². The zero-order chi connectivity index (χ0) is 14.4. The number of aromatic hydroxyl groups is 1. The summed E-state index contributed by atoms with van der Waals surface area (Å²) in [6.07, 6.45) is 0. The fourth-order valence-electron chi connectivity index (χ4n) is 1.75. The maximum absolute atomic E-state index is 11.6. The molecule has 0 aliphatic rings. The highest BCUT2D eigenvalue weighted by Gasteiger charge is 2.04. The molecular formula is C14H17N3O3. The van der Waals surface area contributed by atoms with Crippen molar-refractivity contribution in [1.29, 1.82) is 0 Å². The molecule has 0 fully saturated rings. The first-order valence-electron chi connectivity index (χ1n) is 6.28. The maximum Gasteiger partial charge on any atom is 0.251 e. The summed E-state index contributed by atoms with van der Waals surface area (Å²) >= 11 is 0. The number of ether oxygens (including phenoxy) is 1. The molecule has 0 aliphatic carbocycles. The van der Waals surface area contributed by atoms with E-state index in [9.17, 15) is 9.90 Å². The van der Waals surface area contributed by atoms with Crippen LogP contribution in [-0.2, 0) is 11.3 Å². The lowest BCUT2D eigenvalue weighted by Crippen LogP contribution is -2.21. The smallest absolute Gasteiger partial charge is 0.251 e. The van der Waals surface area contributed by atoms with Gasteiger partial charge in [-0.2, -0.15) is 0 Å². The van der Waals surface area contributed by atoms with Crippen LogP contribution < -0.4 is 10.9 Å². The Morgan fingerprint density at radius 2 is 2.10 bits per heavy atom. The van der Waals surface area contributed by atoms with Crippen LogP contribution in [0.25, 0.3) is 11.4 Å². The second kappa shape index (κ2) is 6.83. The van der Waals surface area contributed by atoms with Crippen LogP contribution in [0, 0.1) is 0 Å². The van der Waals surface area contributed by atoms with E-state index in [0.29, 0.717) is 31.2 Å². The normalized spacial score (nSPS) is 10.7. The average molecular weight is 275 g/mol. The van der Waals surface area contributed by atoms with Gasteiger partial charge in [0.05, 0.1) is 12.3 Å². The van der Waals surface area contributed by atoms with Crippen LogP contribution in [0.1, 0.15) is 5.69 Å². The van der Waals surface area contributed by atoms with Gasteiger partial charge in [-0.05, 0) is 24.3 Å². The number of nitrogens with one attached hydrogen (secondary N) is 2. The van der Waals surface area contributed by atoms with Crippen molar-refractivity contribution in [2.75, 3.05) is 20.3 Å². The van der Waals surface area contributed by atoms with Crippen LogP contribution >= 0.6 is 0 Å². The Bertz CT molecular complexity index is 608. The number of phenolic OH excluding ortho intramolecular Hbond substituents is 1. The van der Waals surface area contributed by atoms with Gasteiger partial charge in [-0.3, -0.25) is 4.79 Å². The molecule has 0 aliphatic heterocycles. The Kier molecular flexibility index (Phi) is 4.86. The molecule has 0 amide bonds. The molecular weight excluding hydrogens is 258 g/mol. The summed E-state index contributed by atoms with van der Waals surface area (Å²) < 4.78 is 4.93. The summed E-state index contributed by atoms with van der Waals surface area (Å²) in [6.45, 7) is 1.80. The summed E-state index contributed by atoms with van der Waals surface area (Å²) in [7, 11) is 1.64. The van der Waals surface area contributed by atoms with Gasteiger partial charge in [0.2, 0.25) is 0 Å². The van der Waals surface area contributed by atoms with E-state index in [1.54, 1.807) is 31.4 Å². The lowest BCUT2D eigenvalue weighted by Gasteiger charge is -2.06. The predicted molar refractivity (Wildman–Crippen MR) is 75.5 cm³/mol. The summed E-state index contributed by atoms with van der Waals surface area (Å²) in [6, 6.07) is 7.98. The summed E-state index contributed by atoms with van der Waals surface area (Å²) in [5.74, 6) is 0.662. The van der Waals surface area contributed by atoms with Crippen molar-refractivity contribution < 1.29 is 9.84 Å². The highest BCUT2D eigenvalue weighted by atomic mass is 16.5. The van der Waals surface area contributed by atoms with E-state index in [0.717, 1.165) is 5.56 Å². The molecule has 0 atom stereocenters. The fourth-order valence-corrected chi connectivity index (χ4v) is 1.75. The Hall–Kier alpha value is -2.18. The number of nitrogens with zero attached hydrogens (tertiary/aromatic N) is 1. The molecule has 2 rings (SSSR count). The first-order chi connectivity index (χ1) is 9.69. The molecule has 0 radical (unpaired) electrons. The monoisotopic (exact) mass is 275 g/mol. The summed E-state index contributed by atoms with van der Waals surface area (Å²) in [5, 5.41) is 12.4. The molecule has 1 aromatic carbocycles. The van der Waals surface area contributed by atoms with E-state index in [4.69, 9.17) is 4.74 Å². The van der Waals surface area contributed by atoms with Gasteiger partial charge in [0, 0.05) is 31.8 Å². The average Bonchev–Trinajstić information content (AvgIpc) is 2.44. The van der Waals surface area contributed by atoms with Gasteiger partial charge < -0.3 is 20.1 Å². The highest BCUT2D eigenvalue weighted by molar-refractivity contribution is 5.55. The van der Waals surface area contributed by atoms with E-state index < -0.39 is 0 Å². The van der Waals surface area contributed by atoms with Crippen LogP contribution in [0.15, 0.2) is 35.1 Å². The highest BCUT2D eigenvalue weighted by Crippen LogP contribution is 2.17. The topological polar surface area (TPSA) is 87.2 Å². The van der Waals surface area contributed by atoms with Crippen LogP contribution in [-0.4, -0.2) is 35.3 Å². The Morgan fingerprint density at radius 3 is 2.80 bits per heavy atom. The number of benzene rings is 1. The number of aromatic amines is 1. The van der Waals surface area contributed by atoms with Gasteiger partial charge >= 0.3 is 0 Å². The van der Waals surface area contributed by atoms with Crippen molar-refractivity contribution >= 4 is 0 Å². The molecule has 0 bridgehead atoms. The van der Waals surface area contributed by atoms with E-state index in [1.807, 2.05) is 0 Å². The van der Waals surface area contributed by atoms with Gasteiger partial charge in [0.1, 0.15) is 11.6 Å². The van der Waals surface area contributed by atoms with Gasteiger partial charge in [-0.1, -0.05) is 0 Å². The SMILES string of the molecule is COCCNCc1cc(=O)[nH]c(-c2ccc(O)cc2)n1. The molecule has 0 saturated heterocycles. The molecule has 106 valence electrons. The Morgan fingerprint density at radius 1 is 1.35 bits per heavy atom. The van der Waals surface area contributed by atoms with Gasteiger partial charge in [-0.15, -0.1) is 0 Å². The van der Waals surface area contributed by atoms with Crippen LogP contribution in [0.5, 0.6) is 5.75 Å². The zero-order valence-corrected chi connectivity index (χ0v) is 11.2. The largest absolute Gasteiger partial charge is 0.508 e. The van der Waals surface area contributed by atoms with E-state index in [1.165, 1.54) is 6.07 Å². The minimum Gasteiger partial charge on any atom is -0.508 e. The molecule has 6 nitrogen and oxygen atoms in total. The second-order valence-corrected chi connectivity index (χ2v) is 4.30. The lowest BCUT2D eigenvalue weighted by molar-refractivity contribution is 0.199. The number of hydrogen-bond donors (Lipinski definition) is 3. The molecule has 6 heteroatoms. The van der Waals surface area contributed by atoms with Gasteiger partial charge in [0.25, 0.3) is 5.56 Å². The molecule has 0 saturated carbocycles. The lowest BCUT2D eigenvalue weighted by atomic mass is 10.2. The van der Waals surface area contributed by atoms with Crippen molar-refractivity contribution in [2.45, 2.75) is 6.54 Å². The van der Waals surface area contributed by atoms with Crippen LogP contribution in [0.4, 0.5) is 0 Å². The standard InChI is InChI=1S/C14H17N3O3/c1-20-7-6-15-9-11-8-13(19)17-14(16-11)10-2-4-12(18)5-3-10/h2-5,8,15,18H,6-7,9H2,1H3,(H,16,17,19). The summed E-state index contributed by atoms with van der Waals surface area (Å²) in [5.41, 5.74) is 1.21. The number of H-pyrrole nitrogens is 1. The first kappa shape index (κ1) is 14.2. The third kappa shape index (κ3) is 3.91. The summed E-state index contributed by atoms with van der Waals surface area (Å²) in [4.78, 5) is 18.7. The van der Waals surface area contributed by atoms with E-state index >= 15 is 0 Å². The number of phenols is 1. The van der Waals surface area contributed by atoms with Crippen LogP contribution in [0.3, 0.4) is 0 Å². The minimum atomic E-state index is -0.202. The van der Waals surface area contributed by atoms with Gasteiger partial charge in [-0.25, -0.2) is 4.98 Å². The van der Waals surface area contributed by atoms with Crippen molar-refractivity contribution in [3.8, 4) is 17.1 Å². The third-order valence-corrected chi connectivity index (χ3v) is 2.72. The minimum absolute atomic E-state index is 0.175. The molecule has 2 aromatic rings. The van der Waals surface area contributed by atoms with E-state index in [-0.39, 0.29) is 11.3 Å². The maximum atomic E-state index is 11.6. The number of aromatic nitrogens is 2. The van der Waals surface area contributed by atoms with E-state index in [2.05, 4.69) is 15.3 Å². The quantitative estimate of drug-likeness (QED) is 0.681. The second-order valence-electron chi connectivity index (χ2n) is 4.30. The molecule has 20 heavy (non-hydrogen) atoms. The third-order valence-electron chi connectivity index (χ3n) is 2.72. The molecule has 1 heterocycles. The number of hydrogen-bond acceptors (Lipinski definition) is 5. The zero-order valence-electron chi connectivity index (χ0n) is 11.2. The molecule has 1 aromatic heterocycles. The fraction of sp³-hybridized carbons (Fsp3) is 0.286. The Balaban J connectivity index is 2.16. The Labute approximate surface area is 116 Å². The molecule has 3 N–H and O–H groups in total. The van der Waals surface area contributed by atoms with Gasteiger partial charge in [0.15, 0.2) is 0 Å². The van der Waals surface area contributed by atoms with Crippen molar-refractivity contribution in [3.05, 3.63) is 46.4 Å². The predicted octanol–water partition coefficient (Wildman–Crippen LogP) is 0.878. The number of methoxy groups -OCH3 is 1. The molecule has 0 unspecified atom stereocenters. The van der Waals surface area contributed by atoms with Crippen LogP contribution in [0.2, 0.25) is 0 Å². The van der Waals surface area contributed by atoms with Crippen molar-refractivity contribution in [3.63, 3.8) is 0 Å². The van der Waals surface area contributed by atoms with Crippen molar-refractivity contribution in [2.24, 2.45) is 0 Å². The first-order valence-corrected chi connectivity index (χ1v) is 6.28. The molecule has 0 spiro atoms.